The second kappa shape index (κ2) is 5.42. The number of benzene rings is 1. The molecular formula is C12H7Cl2FN2O2. The Morgan fingerprint density at radius 2 is 2.00 bits per heavy atom. The minimum absolute atomic E-state index is 0.0344. The van der Waals surface area contributed by atoms with E-state index in [0.29, 0.717) is 5.69 Å². The molecule has 0 saturated heterocycles. The van der Waals surface area contributed by atoms with Crippen LogP contribution < -0.4 is 5.32 Å². The Morgan fingerprint density at radius 3 is 2.58 bits per heavy atom. The SMILES string of the molecule is O=C(O)c1cnc(Nc2cc(F)cc(Cl)c2)c(Cl)c1. The van der Waals surface area contributed by atoms with E-state index in [1.807, 2.05) is 0 Å². The molecule has 7 heteroatoms. The highest BCUT2D eigenvalue weighted by Gasteiger charge is 2.09. The zero-order valence-corrected chi connectivity index (χ0v) is 10.8. The number of hydrogen-bond donors (Lipinski definition) is 2. The molecule has 2 aromatic rings. The van der Waals surface area contributed by atoms with Crippen LogP contribution in [0.15, 0.2) is 30.5 Å². The number of carboxylic acid groups (broad SMARTS) is 1. The summed E-state index contributed by atoms with van der Waals surface area (Å²) in [6.45, 7) is 0. The first kappa shape index (κ1) is 13.6. The van der Waals surface area contributed by atoms with E-state index in [9.17, 15) is 9.18 Å². The standard InChI is InChI=1S/C12H7Cl2FN2O2/c13-7-2-8(15)4-9(3-7)17-11-10(14)1-6(5-16-11)12(18)19/h1-5H,(H,16,17)(H,18,19). The first-order chi connectivity index (χ1) is 8.95. The Morgan fingerprint density at radius 1 is 1.26 bits per heavy atom. The average molecular weight is 301 g/mol. The molecule has 0 spiro atoms. The summed E-state index contributed by atoms with van der Waals surface area (Å²) in [4.78, 5) is 14.6. The van der Waals surface area contributed by atoms with Gasteiger partial charge in [0.25, 0.3) is 0 Å². The molecule has 1 aromatic heterocycles. The van der Waals surface area contributed by atoms with Crippen molar-refractivity contribution in [3.63, 3.8) is 0 Å². The Kier molecular flexibility index (Phi) is 3.87. The Hall–Kier alpha value is -1.85. The lowest BCUT2D eigenvalue weighted by atomic mass is 10.2. The van der Waals surface area contributed by atoms with Crippen molar-refractivity contribution in [3.8, 4) is 0 Å². The fourth-order valence-electron chi connectivity index (χ4n) is 1.41. The Balaban J connectivity index is 2.30. The lowest BCUT2D eigenvalue weighted by Crippen LogP contribution is -2.00. The van der Waals surface area contributed by atoms with Crippen molar-refractivity contribution in [3.05, 3.63) is 51.9 Å². The summed E-state index contributed by atoms with van der Waals surface area (Å²) in [5, 5.41) is 11.9. The van der Waals surface area contributed by atoms with Crippen molar-refractivity contribution < 1.29 is 14.3 Å². The molecule has 0 amide bonds. The monoisotopic (exact) mass is 300 g/mol. The fourth-order valence-corrected chi connectivity index (χ4v) is 1.84. The molecule has 4 nitrogen and oxygen atoms in total. The van der Waals surface area contributed by atoms with Gasteiger partial charge in [0.2, 0.25) is 0 Å². The maximum atomic E-state index is 13.1. The van der Waals surface area contributed by atoms with E-state index in [-0.39, 0.29) is 21.4 Å². The first-order valence-corrected chi connectivity index (χ1v) is 5.83. The van der Waals surface area contributed by atoms with E-state index in [2.05, 4.69) is 10.3 Å². The van der Waals surface area contributed by atoms with Gasteiger partial charge in [-0.3, -0.25) is 0 Å². The van der Waals surface area contributed by atoms with E-state index in [1.54, 1.807) is 0 Å². The number of carboxylic acids is 1. The summed E-state index contributed by atoms with van der Waals surface area (Å²) in [6, 6.07) is 5.12. The third-order valence-corrected chi connectivity index (χ3v) is 2.72. The summed E-state index contributed by atoms with van der Waals surface area (Å²) in [5.74, 6) is -1.42. The van der Waals surface area contributed by atoms with Crippen molar-refractivity contribution in [2.45, 2.75) is 0 Å². The van der Waals surface area contributed by atoms with Gasteiger partial charge in [-0.15, -0.1) is 0 Å². The minimum atomic E-state index is -1.13. The third-order valence-electron chi connectivity index (χ3n) is 2.21. The number of aromatic nitrogens is 1. The smallest absolute Gasteiger partial charge is 0.337 e. The topological polar surface area (TPSA) is 62.2 Å². The van der Waals surface area contributed by atoms with Crippen LogP contribution in [0.4, 0.5) is 15.9 Å². The molecule has 0 atom stereocenters. The number of aromatic carboxylic acids is 1. The van der Waals surface area contributed by atoms with Gasteiger partial charge in [0, 0.05) is 16.9 Å². The Bertz CT molecular complexity index is 629. The molecule has 0 unspecified atom stereocenters. The molecule has 19 heavy (non-hydrogen) atoms. The van der Waals surface area contributed by atoms with Crippen molar-refractivity contribution in [2.24, 2.45) is 0 Å². The van der Waals surface area contributed by atoms with Gasteiger partial charge in [-0.25, -0.2) is 14.2 Å². The van der Waals surface area contributed by atoms with Crippen LogP contribution >= 0.6 is 23.2 Å². The van der Waals surface area contributed by atoms with Crippen LogP contribution in [0.2, 0.25) is 10.0 Å². The molecule has 1 aromatic carbocycles. The molecule has 1 heterocycles. The largest absolute Gasteiger partial charge is 0.478 e. The highest BCUT2D eigenvalue weighted by atomic mass is 35.5. The van der Waals surface area contributed by atoms with E-state index in [4.69, 9.17) is 28.3 Å². The van der Waals surface area contributed by atoms with Crippen molar-refractivity contribution >= 4 is 40.7 Å². The zero-order chi connectivity index (χ0) is 14.0. The highest BCUT2D eigenvalue weighted by Crippen LogP contribution is 2.26. The van der Waals surface area contributed by atoms with Gasteiger partial charge in [-0.2, -0.15) is 0 Å². The van der Waals surface area contributed by atoms with E-state index in [1.165, 1.54) is 18.2 Å². The molecule has 2 N–H and O–H groups in total. The van der Waals surface area contributed by atoms with Crippen LogP contribution in [0.25, 0.3) is 0 Å². The summed E-state index contributed by atoms with van der Waals surface area (Å²) in [6.07, 6.45) is 1.15. The number of anilines is 2. The number of hydrogen-bond acceptors (Lipinski definition) is 3. The quantitative estimate of drug-likeness (QED) is 0.900. The van der Waals surface area contributed by atoms with Crippen molar-refractivity contribution in [1.82, 2.24) is 4.98 Å². The second-order valence-electron chi connectivity index (χ2n) is 3.64. The molecule has 98 valence electrons. The molecule has 0 fully saturated rings. The third kappa shape index (κ3) is 3.33. The van der Waals surface area contributed by atoms with Crippen LogP contribution in [0.3, 0.4) is 0 Å². The normalized spacial score (nSPS) is 10.3. The molecule has 0 aliphatic carbocycles. The van der Waals surface area contributed by atoms with Crippen LogP contribution in [0, 0.1) is 5.82 Å². The molecule has 0 radical (unpaired) electrons. The molecule has 0 aliphatic heterocycles. The second-order valence-corrected chi connectivity index (χ2v) is 4.49. The predicted octanol–water partition coefficient (Wildman–Crippen LogP) is 3.97. The fraction of sp³-hybridized carbons (Fsp3) is 0. The maximum Gasteiger partial charge on any atom is 0.337 e. The lowest BCUT2D eigenvalue weighted by Gasteiger charge is -2.08. The number of pyridine rings is 1. The molecular weight excluding hydrogens is 294 g/mol. The predicted molar refractivity (Wildman–Crippen MR) is 70.9 cm³/mol. The Labute approximate surface area is 117 Å². The van der Waals surface area contributed by atoms with E-state index in [0.717, 1.165) is 12.3 Å². The number of nitrogens with zero attached hydrogens (tertiary/aromatic N) is 1. The van der Waals surface area contributed by atoms with Gasteiger partial charge in [-0.05, 0) is 24.3 Å². The molecule has 2 rings (SSSR count). The van der Waals surface area contributed by atoms with Crippen LogP contribution in [-0.4, -0.2) is 16.1 Å². The molecule has 0 bridgehead atoms. The lowest BCUT2D eigenvalue weighted by molar-refractivity contribution is 0.0696. The van der Waals surface area contributed by atoms with E-state index < -0.39 is 11.8 Å². The number of halogens is 3. The zero-order valence-electron chi connectivity index (χ0n) is 9.32. The average Bonchev–Trinajstić information content (AvgIpc) is 2.30. The van der Waals surface area contributed by atoms with Gasteiger partial charge in [0.15, 0.2) is 0 Å². The summed E-state index contributed by atoms with van der Waals surface area (Å²) in [7, 11) is 0. The highest BCUT2D eigenvalue weighted by molar-refractivity contribution is 6.33. The molecule has 0 saturated carbocycles. The number of carbonyl (C=O) groups is 1. The minimum Gasteiger partial charge on any atom is -0.478 e. The van der Waals surface area contributed by atoms with Gasteiger partial charge in [-0.1, -0.05) is 23.2 Å². The van der Waals surface area contributed by atoms with E-state index >= 15 is 0 Å². The van der Waals surface area contributed by atoms with Crippen molar-refractivity contribution in [2.75, 3.05) is 5.32 Å². The van der Waals surface area contributed by atoms with Crippen LogP contribution in [-0.2, 0) is 0 Å². The number of nitrogens with one attached hydrogen (secondary N) is 1. The summed E-state index contributed by atoms with van der Waals surface area (Å²) >= 11 is 11.6. The molecule has 0 aliphatic rings. The van der Waals surface area contributed by atoms with Gasteiger partial charge < -0.3 is 10.4 Å². The summed E-state index contributed by atoms with van der Waals surface area (Å²) < 4.78 is 13.1. The van der Waals surface area contributed by atoms with Crippen LogP contribution in [0.1, 0.15) is 10.4 Å². The number of rotatable bonds is 3. The van der Waals surface area contributed by atoms with Gasteiger partial charge in [0.1, 0.15) is 11.6 Å². The first-order valence-electron chi connectivity index (χ1n) is 5.07. The summed E-state index contributed by atoms with van der Waals surface area (Å²) in [5.41, 5.74) is 0.329. The van der Waals surface area contributed by atoms with Gasteiger partial charge in [0.05, 0.1) is 10.6 Å². The maximum absolute atomic E-state index is 13.1. The van der Waals surface area contributed by atoms with Gasteiger partial charge >= 0.3 is 5.97 Å². The van der Waals surface area contributed by atoms with Crippen LogP contribution in [0.5, 0.6) is 0 Å². The van der Waals surface area contributed by atoms with Crippen molar-refractivity contribution in [1.29, 1.82) is 0 Å².